The summed E-state index contributed by atoms with van der Waals surface area (Å²) in [5.74, 6) is 0.745. The molecule has 1 heterocycles. The van der Waals surface area contributed by atoms with E-state index >= 15 is 0 Å². The first-order valence-corrected chi connectivity index (χ1v) is 14.0. The van der Waals surface area contributed by atoms with Gasteiger partial charge >= 0.3 is 0 Å². The van der Waals surface area contributed by atoms with E-state index in [9.17, 15) is 0 Å². The van der Waals surface area contributed by atoms with Gasteiger partial charge < -0.3 is 0 Å². The summed E-state index contributed by atoms with van der Waals surface area (Å²) in [6, 6.07) is 43.1. The third-order valence-electron chi connectivity index (χ3n) is 9.26. The number of aromatic nitrogens is 2. The fourth-order valence-corrected chi connectivity index (χ4v) is 6.35. The number of benzene rings is 5. The van der Waals surface area contributed by atoms with Crippen molar-refractivity contribution in [2.75, 3.05) is 0 Å². The summed E-state index contributed by atoms with van der Waals surface area (Å²) in [5, 5.41) is 1.06. The SMILES string of the molecule is CC1(C)c2ccccc2-c2c(-c3ccc4nc(-c5ccccc5)nc(-c5ccccc5)c4c3)cccc2C1(C)C. The summed E-state index contributed by atoms with van der Waals surface area (Å²) < 4.78 is 0. The molecule has 1 aliphatic carbocycles. The molecule has 194 valence electrons. The minimum atomic E-state index is -0.0353. The van der Waals surface area contributed by atoms with Crippen LogP contribution in [0.2, 0.25) is 0 Å². The van der Waals surface area contributed by atoms with E-state index in [2.05, 4.69) is 125 Å². The van der Waals surface area contributed by atoms with Crippen molar-refractivity contribution < 1.29 is 0 Å². The lowest BCUT2D eigenvalue weighted by Gasteiger charge is -2.48. The first-order chi connectivity index (χ1) is 19.4. The minimum absolute atomic E-state index is 0.000753. The average molecular weight is 517 g/mol. The lowest BCUT2D eigenvalue weighted by atomic mass is 9.55. The molecule has 0 saturated carbocycles. The van der Waals surface area contributed by atoms with Gasteiger partial charge in [0.25, 0.3) is 0 Å². The third kappa shape index (κ3) is 3.63. The highest BCUT2D eigenvalue weighted by Gasteiger charge is 2.46. The van der Waals surface area contributed by atoms with Crippen LogP contribution in [0.3, 0.4) is 0 Å². The van der Waals surface area contributed by atoms with Crippen LogP contribution < -0.4 is 0 Å². The normalized spacial score (nSPS) is 14.9. The molecule has 1 aromatic heterocycles. The molecular formula is C38H32N2. The first kappa shape index (κ1) is 24.5. The van der Waals surface area contributed by atoms with Gasteiger partial charge in [0.15, 0.2) is 5.82 Å². The van der Waals surface area contributed by atoms with Gasteiger partial charge in [-0.05, 0) is 56.3 Å². The van der Waals surface area contributed by atoms with Crippen molar-refractivity contribution in [1.29, 1.82) is 0 Å². The molecule has 5 aromatic carbocycles. The van der Waals surface area contributed by atoms with Gasteiger partial charge in [-0.2, -0.15) is 0 Å². The van der Waals surface area contributed by atoms with Gasteiger partial charge in [-0.15, -0.1) is 0 Å². The van der Waals surface area contributed by atoms with E-state index in [1.807, 2.05) is 24.3 Å². The molecule has 0 spiro atoms. The van der Waals surface area contributed by atoms with Crippen molar-refractivity contribution in [2.45, 2.75) is 38.5 Å². The van der Waals surface area contributed by atoms with Gasteiger partial charge in [0.2, 0.25) is 0 Å². The molecular weight excluding hydrogens is 484 g/mol. The van der Waals surface area contributed by atoms with Crippen LogP contribution in [-0.2, 0) is 10.8 Å². The van der Waals surface area contributed by atoms with E-state index in [1.54, 1.807) is 0 Å². The maximum Gasteiger partial charge on any atom is 0.160 e. The van der Waals surface area contributed by atoms with Crippen molar-refractivity contribution in [2.24, 2.45) is 0 Å². The van der Waals surface area contributed by atoms with Crippen LogP contribution >= 0.6 is 0 Å². The Morgan fingerprint density at radius 2 is 1.07 bits per heavy atom. The van der Waals surface area contributed by atoms with Crippen molar-refractivity contribution in [1.82, 2.24) is 9.97 Å². The topological polar surface area (TPSA) is 25.8 Å². The summed E-state index contributed by atoms with van der Waals surface area (Å²) >= 11 is 0. The molecule has 7 rings (SSSR count). The summed E-state index contributed by atoms with van der Waals surface area (Å²) in [6.07, 6.45) is 0. The zero-order valence-electron chi connectivity index (χ0n) is 23.4. The second kappa shape index (κ2) is 8.99. The van der Waals surface area contributed by atoms with Gasteiger partial charge in [-0.25, -0.2) is 9.97 Å². The Hall–Kier alpha value is -4.56. The summed E-state index contributed by atoms with van der Waals surface area (Å²) in [7, 11) is 0. The van der Waals surface area contributed by atoms with E-state index in [0.29, 0.717) is 0 Å². The van der Waals surface area contributed by atoms with Crippen molar-refractivity contribution in [3.63, 3.8) is 0 Å². The molecule has 0 unspecified atom stereocenters. The number of hydrogen-bond donors (Lipinski definition) is 0. The Labute approximate surface area is 236 Å². The summed E-state index contributed by atoms with van der Waals surface area (Å²) in [5.41, 5.74) is 11.9. The predicted octanol–water partition coefficient (Wildman–Crippen LogP) is 9.87. The van der Waals surface area contributed by atoms with E-state index in [0.717, 1.165) is 33.5 Å². The maximum atomic E-state index is 5.13. The smallest absolute Gasteiger partial charge is 0.160 e. The predicted molar refractivity (Wildman–Crippen MR) is 167 cm³/mol. The standard InChI is InChI=1S/C38H32N2/c1-37(2)31-20-12-11-18-29(31)34-28(19-13-21-32(34)38(37,3)4)27-22-23-33-30(24-27)35(25-14-7-5-8-15-25)40-36(39-33)26-16-9-6-10-17-26/h5-24H,1-4H3. The van der Waals surface area contributed by atoms with Crippen LogP contribution in [0.15, 0.2) is 121 Å². The largest absolute Gasteiger partial charge is 0.228 e. The number of hydrogen-bond acceptors (Lipinski definition) is 2. The summed E-state index contributed by atoms with van der Waals surface area (Å²) in [4.78, 5) is 10.2. The zero-order chi connectivity index (χ0) is 27.5. The van der Waals surface area contributed by atoms with Gasteiger partial charge in [0.05, 0.1) is 11.2 Å². The molecule has 40 heavy (non-hydrogen) atoms. The lowest BCUT2D eigenvalue weighted by molar-refractivity contribution is 0.299. The Kier molecular flexibility index (Phi) is 5.50. The fourth-order valence-electron chi connectivity index (χ4n) is 6.35. The van der Waals surface area contributed by atoms with Crippen molar-refractivity contribution in [3.05, 3.63) is 132 Å². The molecule has 2 heteroatoms. The monoisotopic (exact) mass is 516 g/mol. The Morgan fingerprint density at radius 3 is 1.82 bits per heavy atom. The number of rotatable bonds is 3. The van der Waals surface area contributed by atoms with Crippen LogP contribution in [-0.4, -0.2) is 9.97 Å². The average Bonchev–Trinajstić information content (AvgIpc) is 3.00. The number of nitrogens with zero attached hydrogens (tertiary/aromatic N) is 2. The van der Waals surface area contributed by atoms with E-state index < -0.39 is 0 Å². The third-order valence-corrected chi connectivity index (χ3v) is 9.26. The molecule has 6 aromatic rings. The quantitative estimate of drug-likeness (QED) is 0.234. The number of fused-ring (bicyclic) bond motifs is 4. The highest BCUT2D eigenvalue weighted by atomic mass is 14.9. The first-order valence-electron chi connectivity index (χ1n) is 14.0. The lowest BCUT2D eigenvalue weighted by Crippen LogP contribution is -2.43. The summed E-state index contributed by atoms with van der Waals surface area (Å²) in [6.45, 7) is 9.54. The molecule has 0 fully saturated rings. The second-order valence-electron chi connectivity index (χ2n) is 11.9. The fraction of sp³-hybridized carbons (Fsp3) is 0.158. The van der Waals surface area contributed by atoms with Crippen molar-refractivity contribution in [3.8, 4) is 44.9 Å². The van der Waals surface area contributed by atoms with Crippen LogP contribution in [0.5, 0.6) is 0 Å². The second-order valence-corrected chi connectivity index (χ2v) is 11.9. The van der Waals surface area contributed by atoms with E-state index in [-0.39, 0.29) is 10.8 Å². The molecule has 0 N–H and O–H groups in total. The molecule has 0 atom stereocenters. The van der Waals surface area contributed by atoms with Gasteiger partial charge in [-0.1, -0.05) is 137 Å². The molecule has 0 bridgehead atoms. The van der Waals surface area contributed by atoms with Crippen LogP contribution in [0, 0.1) is 0 Å². The molecule has 0 radical (unpaired) electrons. The van der Waals surface area contributed by atoms with Gasteiger partial charge in [0.1, 0.15) is 0 Å². The Bertz CT molecular complexity index is 1880. The van der Waals surface area contributed by atoms with E-state index in [4.69, 9.17) is 9.97 Å². The van der Waals surface area contributed by atoms with Gasteiger partial charge in [0, 0.05) is 16.5 Å². The molecule has 0 aliphatic heterocycles. The Morgan fingerprint density at radius 1 is 0.475 bits per heavy atom. The zero-order valence-corrected chi connectivity index (χ0v) is 23.4. The van der Waals surface area contributed by atoms with Crippen LogP contribution in [0.1, 0.15) is 38.8 Å². The molecule has 1 aliphatic rings. The molecule has 0 amide bonds. The molecule has 2 nitrogen and oxygen atoms in total. The molecule has 0 saturated heterocycles. The highest BCUT2D eigenvalue weighted by Crippen LogP contribution is 2.55. The van der Waals surface area contributed by atoms with Gasteiger partial charge in [-0.3, -0.25) is 0 Å². The maximum absolute atomic E-state index is 5.13. The Balaban J connectivity index is 1.50. The van der Waals surface area contributed by atoms with Crippen molar-refractivity contribution >= 4 is 10.9 Å². The van der Waals surface area contributed by atoms with Crippen LogP contribution in [0.4, 0.5) is 0 Å². The minimum Gasteiger partial charge on any atom is -0.228 e. The highest BCUT2D eigenvalue weighted by molar-refractivity contribution is 5.99. The van der Waals surface area contributed by atoms with Crippen LogP contribution in [0.25, 0.3) is 55.8 Å². The van der Waals surface area contributed by atoms with E-state index in [1.165, 1.54) is 33.4 Å².